The molecule has 1 atom stereocenters. The molecule has 5 nitrogen and oxygen atoms in total. The Bertz CT molecular complexity index is 421. The van der Waals surface area contributed by atoms with Crippen molar-refractivity contribution in [1.82, 2.24) is 20.4 Å². The van der Waals surface area contributed by atoms with Crippen molar-refractivity contribution in [2.24, 2.45) is 5.92 Å². The predicted octanol–water partition coefficient (Wildman–Crippen LogP) is 1.01. The second-order valence-corrected chi connectivity index (χ2v) is 5.34. The highest BCUT2D eigenvalue weighted by atomic mass is 16.1. The smallest absolute Gasteiger partial charge is 0.224 e. The van der Waals surface area contributed by atoms with E-state index >= 15 is 0 Å². The zero-order valence-electron chi connectivity index (χ0n) is 11.9. The average Bonchev–Trinajstić information content (AvgIpc) is 2.74. The van der Waals surface area contributed by atoms with E-state index < -0.39 is 0 Å². The molecule has 1 aliphatic rings. The molecule has 0 bridgehead atoms. The summed E-state index contributed by atoms with van der Waals surface area (Å²) in [5.74, 6) is 0.350. The van der Waals surface area contributed by atoms with Crippen LogP contribution in [0.25, 0.3) is 0 Å². The monoisotopic (exact) mass is 264 g/mol. The molecule has 1 saturated heterocycles. The van der Waals surface area contributed by atoms with Gasteiger partial charge in [-0.3, -0.25) is 9.48 Å². The first-order valence-corrected chi connectivity index (χ1v) is 7.16. The first-order chi connectivity index (χ1) is 9.16. The van der Waals surface area contributed by atoms with Gasteiger partial charge in [0.05, 0.1) is 11.6 Å². The lowest BCUT2D eigenvalue weighted by atomic mass is 9.99. The molecule has 5 heteroatoms. The van der Waals surface area contributed by atoms with Crippen LogP contribution >= 0.6 is 0 Å². The number of hydrogen-bond acceptors (Lipinski definition) is 3. The first-order valence-electron chi connectivity index (χ1n) is 7.16. The van der Waals surface area contributed by atoms with Crippen LogP contribution < -0.4 is 10.6 Å². The zero-order valence-corrected chi connectivity index (χ0v) is 11.9. The second-order valence-electron chi connectivity index (χ2n) is 5.34. The molecule has 0 aliphatic carbocycles. The topological polar surface area (TPSA) is 59.0 Å². The number of carbonyl (C=O) groups is 1. The van der Waals surface area contributed by atoms with E-state index in [0.29, 0.717) is 0 Å². The average molecular weight is 264 g/mol. The van der Waals surface area contributed by atoms with Gasteiger partial charge in [-0.05, 0) is 45.7 Å². The van der Waals surface area contributed by atoms with Crippen LogP contribution in [0.3, 0.4) is 0 Å². The molecule has 0 unspecified atom stereocenters. The lowest BCUT2D eigenvalue weighted by Crippen LogP contribution is -2.40. The minimum atomic E-state index is 0.155. The predicted molar refractivity (Wildman–Crippen MR) is 74.9 cm³/mol. The Morgan fingerprint density at radius 1 is 1.58 bits per heavy atom. The van der Waals surface area contributed by atoms with Crippen LogP contribution in [-0.4, -0.2) is 35.3 Å². The number of piperidine rings is 1. The van der Waals surface area contributed by atoms with Gasteiger partial charge < -0.3 is 10.6 Å². The van der Waals surface area contributed by atoms with Gasteiger partial charge in [-0.25, -0.2) is 0 Å². The maximum Gasteiger partial charge on any atom is 0.224 e. The van der Waals surface area contributed by atoms with Crippen LogP contribution in [-0.2, 0) is 11.3 Å². The number of aromatic nitrogens is 2. The van der Waals surface area contributed by atoms with E-state index in [2.05, 4.69) is 28.7 Å². The molecule has 2 N–H and O–H groups in total. The van der Waals surface area contributed by atoms with Gasteiger partial charge in [-0.1, -0.05) is 0 Å². The molecule has 1 fully saturated rings. The van der Waals surface area contributed by atoms with E-state index in [1.54, 1.807) is 0 Å². The van der Waals surface area contributed by atoms with Crippen molar-refractivity contribution in [3.05, 3.63) is 17.5 Å². The molecule has 2 rings (SSSR count). The Hall–Kier alpha value is -1.36. The van der Waals surface area contributed by atoms with Gasteiger partial charge >= 0.3 is 0 Å². The number of aryl methyl sites for hydroxylation is 3. The minimum Gasteiger partial charge on any atom is -0.356 e. The summed E-state index contributed by atoms with van der Waals surface area (Å²) in [6.45, 7) is 7.52. The molecule has 19 heavy (non-hydrogen) atoms. The third-order valence-corrected chi connectivity index (χ3v) is 3.62. The highest BCUT2D eigenvalue weighted by molar-refractivity contribution is 5.78. The number of nitrogens with zero attached hydrogens (tertiary/aromatic N) is 2. The Morgan fingerprint density at radius 3 is 3.05 bits per heavy atom. The minimum absolute atomic E-state index is 0.155. The highest BCUT2D eigenvalue weighted by Crippen LogP contribution is 2.09. The summed E-state index contributed by atoms with van der Waals surface area (Å²) >= 11 is 0. The molecule has 0 radical (unpaired) electrons. The van der Waals surface area contributed by atoms with Crippen molar-refractivity contribution in [2.45, 2.75) is 39.7 Å². The summed E-state index contributed by atoms with van der Waals surface area (Å²) < 4.78 is 2.00. The number of carbonyl (C=O) groups excluding carboxylic acids is 1. The Kier molecular flexibility index (Phi) is 4.96. The fourth-order valence-electron chi connectivity index (χ4n) is 2.56. The molecule has 106 valence electrons. The quantitative estimate of drug-likeness (QED) is 0.780. The maximum absolute atomic E-state index is 11.9. The van der Waals surface area contributed by atoms with E-state index in [-0.39, 0.29) is 11.8 Å². The summed E-state index contributed by atoms with van der Waals surface area (Å²) in [6, 6.07) is 2.08. The van der Waals surface area contributed by atoms with Crippen LogP contribution in [0.15, 0.2) is 6.07 Å². The van der Waals surface area contributed by atoms with Crippen molar-refractivity contribution >= 4 is 5.91 Å². The van der Waals surface area contributed by atoms with Crippen molar-refractivity contribution in [3.8, 4) is 0 Å². The fraction of sp³-hybridized carbons (Fsp3) is 0.714. The summed E-state index contributed by atoms with van der Waals surface area (Å²) in [5.41, 5.74) is 2.23. The fourth-order valence-corrected chi connectivity index (χ4v) is 2.56. The van der Waals surface area contributed by atoms with Crippen LogP contribution in [0, 0.1) is 19.8 Å². The van der Waals surface area contributed by atoms with Crippen LogP contribution in [0.1, 0.15) is 30.7 Å². The summed E-state index contributed by atoms with van der Waals surface area (Å²) in [4.78, 5) is 11.9. The van der Waals surface area contributed by atoms with E-state index in [4.69, 9.17) is 0 Å². The van der Waals surface area contributed by atoms with Crippen molar-refractivity contribution < 1.29 is 4.79 Å². The Labute approximate surface area is 114 Å². The zero-order chi connectivity index (χ0) is 13.7. The van der Waals surface area contributed by atoms with Gasteiger partial charge in [0.1, 0.15) is 0 Å². The van der Waals surface area contributed by atoms with Gasteiger partial charge in [0, 0.05) is 25.3 Å². The maximum atomic E-state index is 11.9. The van der Waals surface area contributed by atoms with Crippen LogP contribution in [0.4, 0.5) is 0 Å². The van der Waals surface area contributed by atoms with Crippen molar-refractivity contribution in [2.75, 3.05) is 19.6 Å². The largest absolute Gasteiger partial charge is 0.356 e. The third kappa shape index (κ3) is 4.06. The van der Waals surface area contributed by atoms with Gasteiger partial charge in [0.15, 0.2) is 0 Å². The number of hydrogen-bond donors (Lipinski definition) is 2. The first kappa shape index (κ1) is 14.1. The molecule has 1 aromatic heterocycles. The third-order valence-electron chi connectivity index (χ3n) is 3.62. The highest BCUT2D eigenvalue weighted by Gasteiger charge is 2.19. The van der Waals surface area contributed by atoms with E-state index in [9.17, 15) is 4.79 Å². The van der Waals surface area contributed by atoms with Gasteiger partial charge in [-0.15, -0.1) is 0 Å². The molecular formula is C14H24N4O. The summed E-state index contributed by atoms with van der Waals surface area (Å²) in [7, 11) is 0. The van der Waals surface area contributed by atoms with Crippen LogP contribution in [0.2, 0.25) is 0 Å². The molecule has 1 aromatic rings. The standard InChI is InChI=1S/C14H24N4O/c1-11-9-12(2)18(17-11)8-4-7-16-14(19)13-5-3-6-15-10-13/h9,13,15H,3-8,10H2,1-2H3,(H,16,19)/t13-/m0/s1. The summed E-state index contributed by atoms with van der Waals surface area (Å²) in [6.07, 6.45) is 3.04. The second kappa shape index (κ2) is 6.70. The molecule has 2 heterocycles. The lowest BCUT2D eigenvalue weighted by molar-refractivity contribution is -0.125. The Balaban J connectivity index is 1.66. The molecule has 0 aromatic carbocycles. The van der Waals surface area contributed by atoms with Gasteiger partial charge in [-0.2, -0.15) is 5.10 Å². The van der Waals surface area contributed by atoms with Crippen molar-refractivity contribution in [3.63, 3.8) is 0 Å². The normalized spacial score (nSPS) is 19.4. The van der Waals surface area contributed by atoms with Crippen LogP contribution in [0.5, 0.6) is 0 Å². The van der Waals surface area contributed by atoms with Crippen molar-refractivity contribution in [1.29, 1.82) is 0 Å². The molecule has 1 aliphatic heterocycles. The molecule has 0 spiro atoms. The van der Waals surface area contributed by atoms with E-state index in [1.165, 1.54) is 5.69 Å². The number of rotatable bonds is 5. The molecule has 1 amide bonds. The SMILES string of the molecule is Cc1cc(C)n(CCCNC(=O)[C@H]2CCCNC2)n1. The van der Waals surface area contributed by atoms with Gasteiger partial charge in [0.2, 0.25) is 5.91 Å². The lowest BCUT2D eigenvalue weighted by Gasteiger charge is -2.21. The van der Waals surface area contributed by atoms with E-state index in [0.717, 1.165) is 51.1 Å². The Morgan fingerprint density at radius 2 is 2.42 bits per heavy atom. The molecular weight excluding hydrogens is 240 g/mol. The molecule has 0 saturated carbocycles. The number of amides is 1. The van der Waals surface area contributed by atoms with E-state index in [1.807, 2.05) is 11.6 Å². The summed E-state index contributed by atoms with van der Waals surface area (Å²) in [5, 5.41) is 10.7. The number of nitrogens with one attached hydrogen (secondary N) is 2. The van der Waals surface area contributed by atoms with Gasteiger partial charge in [0.25, 0.3) is 0 Å².